The van der Waals surface area contributed by atoms with E-state index in [0.29, 0.717) is 39.5 Å². The monoisotopic (exact) mass is 305 g/mol. The van der Waals surface area contributed by atoms with Gasteiger partial charge in [-0.05, 0) is 12.5 Å². The number of amides is 1. The van der Waals surface area contributed by atoms with Crippen LogP contribution in [-0.4, -0.2) is 29.2 Å². The number of primary amides is 1. The number of hydrogen-bond acceptors (Lipinski definition) is 5. The third-order valence-corrected chi connectivity index (χ3v) is 4.33. The summed E-state index contributed by atoms with van der Waals surface area (Å²) in [5.74, 6) is 2.44. The molecule has 0 bridgehead atoms. The molecule has 0 radical (unpaired) electrons. The summed E-state index contributed by atoms with van der Waals surface area (Å²) in [6.45, 7) is 2.24. The van der Waals surface area contributed by atoms with Gasteiger partial charge < -0.3 is 10.5 Å². The first-order chi connectivity index (χ1) is 10.0. The first-order valence-corrected chi connectivity index (χ1v) is 7.08. The highest BCUT2D eigenvalue weighted by atomic mass is 32.1. The van der Waals surface area contributed by atoms with Crippen molar-refractivity contribution in [3.05, 3.63) is 26.6 Å². The predicted octanol–water partition coefficient (Wildman–Crippen LogP) is 0.687. The predicted molar refractivity (Wildman–Crippen MR) is 81.5 cm³/mol. The molecular weight excluding hydrogens is 290 g/mol. The van der Waals surface area contributed by atoms with Crippen molar-refractivity contribution in [1.82, 2.24) is 9.55 Å². The molecule has 0 aliphatic rings. The maximum atomic E-state index is 12.6. The lowest BCUT2D eigenvalue weighted by Gasteiger charge is -2.09. The number of rotatable bonds is 5. The van der Waals surface area contributed by atoms with Crippen molar-refractivity contribution in [2.24, 2.45) is 5.73 Å². The maximum Gasteiger partial charge on any atom is 0.263 e. The number of fused-ring (bicyclic) bond motifs is 1. The normalized spacial score (nSPS) is 10.7. The molecule has 7 heteroatoms. The second-order valence-electron chi connectivity index (χ2n) is 4.47. The zero-order chi connectivity index (χ0) is 15.6. The lowest BCUT2D eigenvalue weighted by molar-refractivity contribution is 0.100. The third-order valence-electron chi connectivity index (χ3n) is 3.13. The molecule has 2 heterocycles. The Labute approximate surface area is 125 Å². The summed E-state index contributed by atoms with van der Waals surface area (Å²) in [6, 6.07) is 0. The number of methoxy groups -OCH3 is 1. The van der Waals surface area contributed by atoms with E-state index in [-0.39, 0.29) is 12.1 Å². The van der Waals surface area contributed by atoms with Crippen molar-refractivity contribution in [3.8, 4) is 12.3 Å². The molecule has 0 spiro atoms. The molecule has 2 rings (SSSR count). The fraction of sp³-hybridized carbons (Fsp3) is 0.357. The Bertz CT molecular complexity index is 798. The Hall–Kier alpha value is -2.17. The number of thiophene rings is 1. The number of terminal acetylenes is 1. The van der Waals surface area contributed by atoms with Crippen molar-refractivity contribution >= 4 is 27.5 Å². The second kappa shape index (κ2) is 6.08. The van der Waals surface area contributed by atoms with Gasteiger partial charge in [0.15, 0.2) is 0 Å². The molecule has 0 fully saturated rings. The molecule has 110 valence electrons. The van der Waals surface area contributed by atoms with Gasteiger partial charge in [-0.2, -0.15) is 0 Å². The second-order valence-corrected chi connectivity index (χ2v) is 5.47. The highest BCUT2D eigenvalue weighted by Gasteiger charge is 2.19. The molecule has 0 aliphatic heterocycles. The van der Waals surface area contributed by atoms with E-state index in [4.69, 9.17) is 16.9 Å². The molecule has 0 unspecified atom stereocenters. The van der Waals surface area contributed by atoms with Gasteiger partial charge in [-0.1, -0.05) is 5.92 Å². The minimum Gasteiger partial charge on any atom is -0.384 e. The van der Waals surface area contributed by atoms with Gasteiger partial charge in [0, 0.05) is 13.5 Å². The minimum absolute atomic E-state index is 0.127. The van der Waals surface area contributed by atoms with Crippen LogP contribution in [0.3, 0.4) is 0 Å². The molecule has 1 amide bonds. The Kier molecular flexibility index (Phi) is 4.40. The Morgan fingerprint density at radius 3 is 2.86 bits per heavy atom. The number of carbonyl (C=O) groups is 1. The summed E-state index contributed by atoms with van der Waals surface area (Å²) >= 11 is 1.13. The maximum absolute atomic E-state index is 12.6. The molecule has 2 aromatic heterocycles. The fourth-order valence-corrected chi connectivity index (χ4v) is 3.17. The molecule has 0 aromatic carbocycles. The molecule has 6 nitrogen and oxygen atoms in total. The quantitative estimate of drug-likeness (QED) is 0.823. The summed E-state index contributed by atoms with van der Waals surface area (Å²) in [4.78, 5) is 29.3. The topological polar surface area (TPSA) is 87.2 Å². The van der Waals surface area contributed by atoms with E-state index < -0.39 is 5.91 Å². The molecule has 21 heavy (non-hydrogen) atoms. The number of aryl methyl sites for hydroxylation is 1. The lowest BCUT2D eigenvalue weighted by atomic mass is 10.2. The van der Waals surface area contributed by atoms with Crippen molar-refractivity contribution in [3.63, 3.8) is 0 Å². The molecule has 0 atom stereocenters. The lowest BCUT2D eigenvalue weighted by Crippen LogP contribution is -2.25. The number of hydrogen-bond donors (Lipinski definition) is 1. The van der Waals surface area contributed by atoms with Crippen LogP contribution < -0.4 is 11.3 Å². The summed E-state index contributed by atoms with van der Waals surface area (Å²) in [6.07, 6.45) is 5.79. The van der Waals surface area contributed by atoms with Crippen LogP contribution in [0.5, 0.6) is 0 Å². The Morgan fingerprint density at radius 2 is 2.29 bits per heavy atom. The van der Waals surface area contributed by atoms with Crippen LogP contribution in [0.1, 0.15) is 21.1 Å². The largest absolute Gasteiger partial charge is 0.384 e. The smallest absolute Gasteiger partial charge is 0.263 e. The molecular formula is C14H15N3O3S. The van der Waals surface area contributed by atoms with Gasteiger partial charge in [-0.25, -0.2) is 4.98 Å². The van der Waals surface area contributed by atoms with E-state index in [1.807, 2.05) is 0 Å². The fourth-order valence-electron chi connectivity index (χ4n) is 2.13. The van der Waals surface area contributed by atoms with E-state index in [2.05, 4.69) is 10.9 Å². The standard InChI is InChI=1S/C14H15N3O3S/c1-4-6-17-9(5-7-20-3)16-13-10(14(17)19)8(2)11(21-13)12(15)18/h1H,5-7H2,2-3H3,(H2,15,18). The zero-order valence-corrected chi connectivity index (χ0v) is 12.6. The van der Waals surface area contributed by atoms with Crippen molar-refractivity contribution in [1.29, 1.82) is 0 Å². The van der Waals surface area contributed by atoms with Gasteiger partial charge in [0.2, 0.25) is 0 Å². The molecule has 0 saturated heterocycles. The van der Waals surface area contributed by atoms with E-state index in [0.717, 1.165) is 11.3 Å². The van der Waals surface area contributed by atoms with Crippen LogP contribution >= 0.6 is 11.3 Å². The summed E-state index contributed by atoms with van der Waals surface area (Å²) < 4.78 is 6.46. The number of carbonyl (C=O) groups excluding carboxylic acids is 1. The van der Waals surface area contributed by atoms with Gasteiger partial charge in [0.1, 0.15) is 10.7 Å². The van der Waals surface area contributed by atoms with Crippen molar-refractivity contribution < 1.29 is 9.53 Å². The van der Waals surface area contributed by atoms with E-state index in [9.17, 15) is 9.59 Å². The van der Waals surface area contributed by atoms with Crippen LogP contribution in [0.25, 0.3) is 10.2 Å². The van der Waals surface area contributed by atoms with Crippen LogP contribution in [0, 0.1) is 19.3 Å². The van der Waals surface area contributed by atoms with Crippen LogP contribution in [0.2, 0.25) is 0 Å². The molecule has 0 saturated carbocycles. The van der Waals surface area contributed by atoms with Gasteiger partial charge in [0.25, 0.3) is 11.5 Å². The van der Waals surface area contributed by atoms with Gasteiger partial charge >= 0.3 is 0 Å². The number of ether oxygens (including phenoxy) is 1. The SMILES string of the molecule is C#CCn1c(CCOC)nc2sc(C(N)=O)c(C)c2c1=O. The minimum atomic E-state index is -0.558. The Balaban J connectivity index is 2.75. The van der Waals surface area contributed by atoms with Crippen LogP contribution in [0.4, 0.5) is 0 Å². The number of aromatic nitrogens is 2. The Morgan fingerprint density at radius 1 is 1.57 bits per heavy atom. The molecule has 2 N–H and O–H groups in total. The number of nitrogens with two attached hydrogens (primary N) is 1. The van der Waals surface area contributed by atoms with Gasteiger partial charge in [-0.3, -0.25) is 14.2 Å². The van der Waals surface area contributed by atoms with Crippen molar-refractivity contribution in [2.75, 3.05) is 13.7 Å². The van der Waals surface area contributed by atoms with E-state index in [1.54, 1.807) is 14.0 Å². The van der Waals surface area contributed by atoms with Gasteiger partial charge in [0.05, 0.1) is 23.4 Å². The first kappa shape index (κ1) is 15.2. The van der Waals surface area contributed by atoms with Gasteiger partial charge in [-0.15, -0.1) is 17.8 Å². The third kappa shape index (κ3) is 2.68. The summed E-state index contributed by atoms with van der Waals surface area (Å²) in [5.41, 5.74) is 5.64. The average Bonchev–Trinajstić information content (AvgIpc) is 2.77. The average molecular weight is 305 g/mol. The summed E-state index contributed by atoms with van der Waals surface area (Å²) in [7, 11) is 1.57. The molecule has 2 aromatic rings. The first-order valence-electron chi connectivity index (χ1n) is 6.26. The van der Waals surface area contributed by atoms with Crippen LogP contribution in [0.15, 0.2) is 4.79 Å². The van der Waals surface area contributed by atoms with E-state index >= 15 is 0 Å². The zero-order valence-electron chi connectivity index (χ0n) is 11.8. The number of nitrogens with zero attached hydrogens (tertiary/aromatic N) is 2. The molecule has 0 aliphatic carbocycles. The summed E-state index contributed by atoms with van der Waals surface area (Å²) in [5, 5.41) is 0.408. The highest BCUT2D eigenvalue weighted by molar-refractivity contribution is 7.20. The van der Waals surface area contributed by atoms with Crippen molar-refractivity contribution in [2.45, 2.75) is 19.9 Å². The van der Waals surface area contributed by atoms with Crippen LogP contribution in [-0.2, 0) is 17.7 Å². The van der Waals surface area contributed by atoms with E-state index in [1.165, 1.54) is 4.57 Å². The highest BCUT2D eigenvalue weighted by Crippen LogP contribution is 2.26.